The molecule has 0 amide bonds. The molecule has 0 aliphatic carbocycles. The Morgan fingerprint density at radius 3 is 2.00 bits per heavy atom. The van der Waals surface area contributed by atoms with E-state index in [9.17, 15) is 13.2 Å². The predicted molar refractivity (Wildman–Crippen MR) is 33.7 cm³/mol. The maximum Gasteiger partial charge on any atom is 0.401 e. The minimum absolute atomic E-state index is 0.156. The molecule has 1 atom stereocenters. The summed E-state index contributed by atoms with van der Waals surface area (Å²) >= 11 is 2.53. The molecule has 0 saturated heterocycles. The van der Waals surface area contributed by atoms with Gasteiger partial charge in [0.25, 0.3) is 0 Å². The van der Waals surface area contributed by atoms with Crippen LogP contribution in [-0.2, 0) is 0 Å². The Labute approximate surface area is 60.6 Å². The van der Waals surface area contributed by atoms with Gasteiger partial charge in [-0.2, -0.15) is 13.2 Å². The van der Waals surface area contributed by atoms with Crippen LogP contribution in [0.25, 0.3) is 0 Å². The largest absolute Gasteiger partial charge is 0.401 e. The maximum absolute atomic E-state index is 11.6. The second-order valence-electron chi connectivity index (χ2n) is 1.80. The van der Waals surface area contributed by atoms with Crippen LogP contribution in [0.4, 0.5) is 13.2 Å². The monoisotopic (exact) mass is 204 g/mol. The van der Waals surface area contributed by atoms with Gasteiger partial charge < -0.3 is 0 Å². The second kappa shape index (κ2) is 3.44. The van der Waals surface area contributed by atoms with Crippen molar-refractivity contribution in [3.63, 3.8) is 0 Å². The zero-order valence-electron chi connectivity index (χ0n) is 5.00. The molecule has 4 heteroatoms. The molecule has 0 N–H and O–H groups in total. The zero-order valence-corrected chi connectivity index (χ0v) is 6.59. The Hall–Kier alpha value is 0.270. The standard InChI is InChI=1S/C5H8BrF3/c1-2-3-4(6)5(7,8)9/h4H,2-3H2,1H3/t4-/m1/s1. The van der Waals surface area contributed by atoms with Gasteiger partial charge in [-0.25, -0.2) is 0 Å². The third kappa shape index (κ3) is 3.78. The summed E-state index contributed by atoms with van der Waals surface area (Å²) < 4.78 is 34.8. The summed E-state index contributed by atoms with van der Waals surface area (Å²) in [5.41, 5.74) is 0. The minimum atomic E-state index is -4.07. The molecule has 0 bridgehead atoms. The lowest BCUT2D eigenvalue weighted by molar-refractivity contribution is -0.128. The van der Waals surface area contributed by atoms with Crippen LogP contribution in [0.15, 0.2) is 0 Å². The Bertz CT molecular complexity index is 78.8. The summed E-state index contributed by atoms with van der Waals surface area (Å²) in [4.78, 5) is -1.32. The number of halogens is 4. The highest BCUT2D eigenvalue weighted by Crippen LogP contribution is 2.29. The second-order valence-corrected chi connectivity index (χ2v) is 2.90. The number of hydrogen-bond acceptors (Lipinski definition) is 0. The molecule has 0 nitrogen and oxygen atoms in total. The maximum atomic E-state index is 11.6. The van der Waals surface area contributed by atoms with Gasteiger partial charge in [-0.05, 0) is 6.42 Å². The van der Waals surface area contributed by atoms with Gasteiger partial charge in [0, 0.05) is 0 Å². The first-order chi connectivity index (χ1) is 3.98. The fraction of sp³-hybridized carbons (Fsp3) is 1.00. The molecule has 9 heavy (non-hydrogen) atoms. The van der Waals surface area contributed by atoms with Gasteiger partial charge in [0.1, 0.15) is 4.83 Å². The highest BCUT2D eigenvalue weighted by atomic mass is 79.9. The van der Waals surface area contributed by atoms with Crippen LogP contribution in [0.2, 0.25) is 0 Å². The van der Waals surface area contributed by atoms with Crippen molar-refractivity contribution in [1.29, 1.82) is 0 Å². The fourth-order valence-electron chi connectivity index (χ4n) is 0.417. The molecule has 0 rings (SSSR count). The molecule has 0 saturated carbocycles. The summed E-state index contributed by atoms with van der Waals surface area (Å²) in [6.45, 7) is 1.72. The van der Waals surface area contributed by atoms with Crippen molar-refractivity contribution in [2.75, 3.05) is 0 Å². The van der Waals surface area contributed by atoms with Crippen molar-refractivity contribution < 1.29 is 13.2 Å². The lowest BCUT2D eigenvalue weighted by atomic mass is 10.2. The molecular weight excluding hydrogens is 197 g/mol. The van der Waals surface area contributed by atoms with Crippen LogP contribution >= 0.6 is 15.9 Å². The number of alkyl halides is 4. The first-order valence-corrected chi connectivity index (χ1v) is 3.60. The van der Waals surface area contributed by atoms with E-state index in [0.717, 1.165) is 0 Å². The smallest absolute Gasteiger partial charge is 0.170 e. The summed E-state index contributed by atoms with van der Waals surface area (Å²) in [5.74, 6) is 0. The molecule has 0 spiro atoms. The quantitative estimate of drug-likeness (QED) is 0.607. The molecule has 0 heterocycles. The van der Waals surface area contributed by atoms with E-state index in [1.807, 2.05) is 0 Å². The summed E-state index contributed by atoms with van der Waals surface area (Å²) in [6.07, 6.45) is -3.37. The molecule has 0 fully saturated rings. The molecule has 0 aromatic carbocycles. The van der Waals surface area contributed by atoms with E-state index in [0.29, 0.717) is 6.42 Å². The average molecular weight is 205 g/mol. The van der Waals surface area contributed by atoms with Crippen LogP contribution in [0.5, 0.6) is 0 Å². The summed E-state index contributed by atoms with van der Waals surface area (Å²) in [6, 6.07) is 0. The molecule has 56 valence electrons. The fourth-order valence-corrected chi connectivity index (χ4v) is 0.875. The molecule has 0 radical (unpaired) electrons. The van der Waals surface area contributed by atoms with E-state index < -0.39 is 11.0 Å². The topological polar surface area (TPSA) is 0 Å². The molecular formula is C5H8BrF3. The van der Waals surface area contributed by atoms with Gasteiger partial charge in [0.15, 0.2) is 0 Å². The molecule has 0 aliphatic heterocycles. The van der Waals surface area contributed by atoms with Crippen LogP contribution in [0.1, 0.15) is 19.8 Å². The van der Waals surface area contributed by atoms with Crippen LogP contribution in [-0.4, -0.2) is 11.0 Å². The van der Waals surface area contributed by atoms with E-state index in [1.54, 1.807) is 6.92 Å². The normalized spacial score (nSPS) is 15.7. The molecule has 0 unspecified atom stereocenters. The van der Waals surface area contributed by atoms with Gasteiger partial charge in [-0.3, -0.25) is 0 Å². The SMILES string of the molecule is CCC[C@@H](Br)C(F)(F)F. The van der Waals surface area contributed by atoms with Crippen molar-refractivity contribution in [1.82, 2.24) is 0 Å². The first-order valence-electron chi connectivity index (χ1n) is 2.69. The van der Waals surface area contributed by atoms with Gasteiger partial charge in [-0.1, -0.05) is 29.3 Å². The van der Waals surface area contributed by atoms with E-state index in [2.05, 4.69) is 15.9 Å². The van der Waals surface area contributed by atoms with Crippen molar-refractivity contribution in [2.24, 2.45) is 0 Å². The van der Waals surface area contributed by atoms with Crippen molar-refractivity contribution in [3.05, 3.63) is 0 Å². The van der Waals surface area contributed by atoms with Crippen LogP contribution in [0.3, 0.4) is 0 Å². The predicted octanol–water partition coefficient (Wildman–Crippen LogP) is 3.11. The van der Waals surface area contributed by atoms with E-state index in [-0.39, 0.29) is 6.42 Å². The van der Waals surface area contributed by atoms with E-state index >= 15 is 0 Å². The van der Waals surface area contributed by atoms with Gasteiger partial charge in [0.05, 0.1) is 0 Å². The van der Waals surface area contributed by atoms with Gasteiger partial charge in [0.2, 0.25) is 0 Å². The van der Waals surface area contributed by atoms with Crippen molar-refractivity contribution in [2.45, 2.75) is 30.8 Å². The number of hydrogen-bond donors (Lipinski definition) is 0. The first kappa shape index (κ1) is 9.27. The minimum Gasteiger partial charge on any atom is -0.170 e. The highest BCUT2D eigenvalue weighted by Gasteiger charge is 2.36. The van der Waals surface area contributed by atoms with E-state index in [1.165, 1.54) is 0 Å². The third-order valence-corrected chi connectivity index (χ3v) is 1.87. The van der Waals surface area contributed by atoms with E-state index in [4.69, 9.17) is 0 Å². The average Bonchev–Trinajstić information content (AvgIpc) is 1.64. The zero-order chi connectivity index (χ0) is 7.49. The molecule has 0 aromatic rings. The Morgan fingerprint density at radius 1 is 1.44 bits per heavy atom. The third-order valence-electron chi connectivity index (χ3n) is 0.897. The lowest BCUT2D eigenvalue weighted by Gasteiger charge is -2.11. The van der Waals surface area contributed by atoms with Gasteiger partial charge >= 0.3 is 6.18 Å². The van der Waals surface area contributed by atoms with Crippen molar-refractivity contribution in [3.8, 4) is 0 Å². The molecule has 0 aliphatic rings. The highest BCUT2D eigenvalue weighted by molar-refractivity contribution is 9.09. The van der Waals surface area contributed by atoms with Crippen LogP contribution in [0, 0.1) is 0 Å². The van der Waals surface area contributed by atoms with Gasteiger partial charge in [-0.15, -0.1) is 0 Å². The number of rotatable bonds is 2. The lowest BCUT2D eigenvalue weighted by Crippen LogP contribution is -2.22. The Kier molecular flexibility index (Phi) is 3.54. The summed E-state index contributed by atoms with van der Waals surface area (Å²) in [7, 11) is 0. The summed E-state index contributed by atoms with van der Waals surface area (Å²) in [5, 5.41) is 0. The van der Waals surface area contributed by atoms with Crippen LogP contribution < -0.4 is 0 Å². The Morgan fingerprint density at radius 2 is 1.89 bits per heavy atom. The van der Waals surface area contributed by atoms with Crippen molar-refractivity contribution >= 4 is 15.9 Å². The molecule has 0 aromatic heterocycles. The Balaban J connectivity index is 3.59.